The van der Waals surface area contributed by atoms with Crippen LogP contribution in [0.2, 0.25) is 0 Å². The molecule has 0 spiro atoms. The largest absolute Gasteiger partial charge is 0.229 e. The number of anilines is 1. The Bertz CT molecular complexity index is 426. The van der Waals surface area contributed by atoms with E-state index >= 15 is 0 Å². The van der Waals surface area contributed by atoms with Gasteiger partial charge in [-0.05, 0) is 29.9 Å². The maximum Gasteiger partial charge on any atom is 0.0658 e. The molecule has 1 fully saturated rings. The fraction of sp³-hybridized carbons (Fsp3) is 0.600. The van der Waals surface area contributed by atoms with Crippen molar-refractivity contribution in [2.45, 2.75) is 38.5 Å². The first-order valence-electron chi connectivity index (χ1n) is 7.07. The Morgan fingerprint density at radius 1 is 1.06 bits per heavy atom. The zero-order valence-corrected chi connectivity index (χ0v) is 10.7. The summed E-state index contributed by atoms with van der Waals surface area (Å²) in [5.74, 6) is 1.40. The number of hydrogen-bond donors (Lipinski definition) is 0. The number of nitroso groups, excluding NO2 is 1. The minimum atomic E-state index is 0.609. The maximum atomic E-state index is 11.0. The molecule has 0 bridgehead atoms. The van der Waals surface area contributed by atoms with Gasteiger partial charge in [0.15, 0.2) is 0 Å². The summed E-state index contributed by atoms with van der Waals surface area (Å²) in [6.07, 6.45) is 7.88. The van der Waals surface area contributed by atoms with Crippen molar-refractivity contribution in [1.82, 2.24) is 0 Å². The summed E-state index contributed by atoms with van der Waals surface area (Å²) in [7, 11) is 0. The molecule has 0 aromatic heterocycles. The van der Waals surface area contributed by atoms with E-state index in [-0.39, 0.29) is 0 Å². The lowest BCUT2D eigenvalue weighted by molar-refractivity contribution is 0.243. The third-order valence-corrected chi connectivity index (χ3v) is 4.57. The van der Waals surface area contributed by atoms with Crippen LogP contribution < -0.4 is 5.01 Å². The minimum Gasteiger partial charge on any atom is -0.229 e. The monoisotopic (exact) mass is 244 g/mol. The van der Waals surface area contributed by atoms with Gasteiger partial charge in [0.1, 0.15) is 0 Å². The van der Waals surface area contributed by atoms with Crippen molar-refractivity contribution in [2.24, 2.45) is 17.1 Å². The molecule has 1 aliphatic carbocycles. The second kappa shape index (κ2) is 5.09. The first-order valence-corrected chi connectivity index (χ1v) is 7.07. The standard InChI is InChI=1S/C15H20N2O/c18-16-17-11-14(12-6-2-1-3-7-12)10-13-8-4-5-9-15(13)17/h4-5,8-9,12,14H,1-3,6-7,10-11H2. The molecule has 3 rings (SSSR count). The average molecular weight is 244 g/mol. The molecule has 0 saturated heterocycles. The Kier molecular flexibility index (Phi) is 3.31. The molecule has 0 radical (unpaired) electrons. The molecule has 1 saturated carbocycles. The Morgan fingerprint density at radius 2 is 1.83 bits per heavy atom. The summed E-state index contributed by atoms with van der Waals surface area (Å²) in [6.45, 7) is 0.811. The smallest absolute Gasteiger partial charge is 0.0658 e. The van der Waals surface area contributed by atoms with Gasteiger partial charge in [-0.25, -0.2) is 5.01 Å². The molecule has 1 unspecified atom stereocenters. The number of rotatable bonds is 2. The highest BCUT2D eigenvalue weighted by molar-refractivity contribution is 5.55. The quantitative estimate of drug-likeness (QED) is 0.738. The van der Waals surface area contributed by atoms with Gasteiger partial charge < -0.3 is 0 Å². The molecule has 3 nitrogen and oxygen atoms in total. The topological polar surface area (TPSA) is 32.7 Å². The maximum absolute atomic E-state index is 11.0. The van der Waals surface area contributed by atoms with Gasteiger partial charge in [0.2, 0.25) is 0 Å². The van der Waals surface area contributed by atoms with Gasteiger partial charge in [0, 0.05) is 6.54 Å². The van der Waals surface area contributed by atoms with Gasteiger partial charge in [-0.1, -0.05) is 50.3 Å². The number of hydrogen-bond acceptors (Lipinski definition) is 2. The van der Waals surface area contributed by atoms with Crippen molar-refractivity contribution in [1.29, 1.82) is 0 Å². The van der Waals surface area contributed by atoms with Crippen molar-refractivity contribution in [2.75, 3.05) is 11.6 Å². The first-order chi connectivity index (χ1) is 8.88. The normalized spacial score (nSPS) is 24.7. The highest BCUT2D eigenvalue weighted by Crippen LogP contribution is 2.38. The highest BCUT2D eigenvalue weighted by atomic mass is 16.3. The molecule has 1 atom stereocenters. The molecule has 0 amide bonds. The van der Waals surface area contributed by atoms with Crippen LogP contribution >= 0.6 is 0 Å². The fourth-order valence-electron chi connectivity index (χ4n) is 3.60. The van der Waals surface area contributed by atoms with Gasteiger partial charge in [0.25, 0.3) is 0 Å². The summed E-state index contributed by atoms with van der Waals surface area (Å²) in [6, 6.07) is 8.19. The lowest BCUT2D eigenvalue weighted by Gasteiger charge is -2.36. The van der Waals surface area contributed by atoms with Crippen LogP contribution in [0.25, 0.3) is 0 Å². The van der Waals surface area contributed by atoms with Crippen molar-refractivity contribution < 1.29 is 0 Å². The van der Waals surface area contributed by atoms with Crippen LogP contribution in [-0.4, -0.2) is 6.54 Å². The molecule has 1 aromatic rings. The number of fused-ring (bicyclic) bond motifs is 1. The zero-order valence-electron chi connectivity index (χ0n) is 10.7. The zero-order chi connectivity index (χ0) is 12.4. The van der Waals surface area contributed by atoms with Crippen LogP contribution in [0.5, 0.6) is 0 Å². The van der Waals surface area contributed by atoms with Gasteiger partial charge in [0.05, 0.1) is 11.0 Å². The Labute approximate surface area is 108 Å². The summed E-state index contributed by atoms with van der Waals surface area (Å²) in [4.78, 5) is 11.0. The van der Waals surface area contributed by atoms with Crippen LogP contribution in [0.15, 0.2) is 29.6 Å². The number of para-hydroxylation sites is 1. The van der Waals surface area contributed by atoms with Crippen LogP contribution in [0.4, 0.5) is 5.69 Å². The predicted octanol–water partition coefficient (Wildman–Crippen LogP) is 3.93. The second-order valence-corrected chi connectivity index (χ2v) is 5.65. The van der Waals surface area contributed by atoms with Crippen LogP contribution in [0.3, 0.4) is 0 Å². The Hall–Kier alpha value is -1.38. The Balaban J connectivity index is 1.82. The average Bonchev–Trinajstić information content (AvgIpc) is 2.47. The van der Waals surface area contributed by atoms with Crippen molar-refractivity contribution in [3.05, 3.63) is 34.7 Å². The van der Waals surface area contributed by atoms with Gasteiger partial charge in [-0.2, -0.15) is 0 Å². The van der Waals surface area contributed by atoms with Crippen molar-refractivity contribution in [3.8, 4) is 0 Å². The van der Waals surface area contributed by atoms with E-state index in [0.29, 0.717) is 5.92 Å². The fourth-order valence-corrected chi connectivity index (χ4v) is 3.60. The lowest BCUT2D eigenvalue weighted by atomic mass is 9.76. The number of nitrogens with zero attached hydrogens (tertiary/aromatic N) is 2. The molecule has 3 heteroatoms. The van der Waals surface area contributed by atoms with E-state index in [1.165, 1.54) is 37.7 Å². The third-order valence-electron chi connectivity index (χ3n) is 4.57. The molecule has 1 aromatic carbocycles. The molecule has 96 valence electrons. The molecular formula is C15H20N2O. The molecule has 1 heterocycles. The van der Waals surface area contributed by atoms with Crippen LogP contribution in [-0.2, 0) is 6.42 Å². The summed E-state index contributed by atoms with van der Waals surface area (Å²) < 4.78 is 0. The van der Waals surface area contributed by atoms with Crippen LogP contribution in [0, 0.1) is 16.7 Å². The third kappa shape index (κ3) is 2.14. The van der Waals surface area contributed by atoms with Crippen molar-refractivity contribution >= 4 is 5.69 Å². The van der Waals surface area contributed by atoms with E-state index in [4.69, 9.17) is 0 Å². The molecular weight excluding hydrogens is 224 g/mol. The molecule has 2 aliphatic rings. The summed E-state index contributed by atoms with van der Waals surface area (Å²) in [5.41, 5.74) is 2.30. The summed E-state index contributed by atoms with van der Waals surface area (Å²) >= 11 is 0. The lowest BCUT2D eigenvalue weighted by Crippen LogP contribution is -2.36. The first kappa shape index (κ1) is 11.7. The van der Waals surface area contributed by atoms with E-state index in [2.05, 4.69) is 17.4 Å². The van der Waals surface area contributed by atoms with Crippen molar-refractivity contribution in [3.63, 3.8) is 0 Å². The molecule has 18 heavy (non-hydrogen) atoms. The Morgan fingerprint density at radius 3 is 2.61 bits per heavy atom. The molecule has 1 aliphatic heterocycles. The minimum absolute atomic E-state index is 0.609. The highest BCUT2D eigenvalue weighted by Gasteiger charge is 2.31. The molecule has 0 N–H and O–H groups in total. The number of benzene rings is 1. The predicted molar refractivity (Wildman–Crippen MR) is 73.4 cm³/mol. The van der Waals surface area contributed by atoms with E-state index in [1.54, 1.807) is 5.01 Å². The van der Waals surface area contributed by atoms with Gasteiger partial charge >= 0.3 is 0 Å². The van der Waals surface area contributed by atoms with Gasteiger partial charge in [-0.3, -0.25) is 0 Å². The van der Waals surface area contributed by atoms with Gasteiger partial charge in [-0.15, -0.1) is 4.91 Å². The summed E-state index contributed by atoms with van der Waals surface area (Å²) in [5, 5.41) is 4.88. The van der Waals surface area contributed by atoms with E-state index in [1.807, 2.05) is 12.1 Å². The van der Waals surface area contributed by atoms with E-state index in [9.17, 15) is 4.91 Å². The second-order valence-electron chi connectivity index (χ2n) is 5.65. The van der Waals surface area contributed by atoms with E-state index < -0.39 is 0 Å². The van der Waals surface area contributed by atoms with E-state index in [0.717, 1.165) is 24.6 Å². The van der Waals surface area contributed by atoms with Crippen LogP contribution in [0.1, 0.15) is 37.7 Å². The SMILES string of the molecule is O=NN1CC(C2CCCCC2)Cc2ccccc21.